The first-order valence-electron chi connectivity index (χ1n) is 14.2. The van der Waals surface area contributed by atoms with Crippen LogP contribution in [0, 0.1) is 46.3 Å². The van der Waals surface area contributed by atoms with E-state index in [0.717, 1.165) is 50.5 Å². The largest absolute Gasteiger partial charge is 0.419 e. The van der Waals surface area contributed by atoms with Gasteiger partial charge in [-0.1, -0.05) is 46.3 Å². The molecule has 1 aliphatic heterocycles. The molecule has 0 amide bonds. The highest BCUT2D eigenvalue weighted by atomic mass is 32.3. The van der Waals surface area contributed by atoms with Crippen LogP contribution >= 0.6 is 0 Å². The molecule has 5 aliphatic rings. The van der Waals surface area contributed by atoms with Crippen LogP contribution in [0.5, 0.6) is 0 Å². The van der Waals surface area contributed by atoms with Crippen LogP contribution in [-0.2, 0) is 32.8 Å². The van der Waals surface area contributed by atoms with Gasteiger partial charge in [0.2, 0.25) is 5.79 Å². The zero-order valence-corrected chi connectivity index (χ0v) is 24.8. The summed E-state index contributed by atoms with van der Waals surface area (Å²) >= 11 is 0. The van der Waals surface area contributed by atoms with Crippen LogP contribution in [0.2, 0.25) is 0 Å². The van der Waals surface area contributed by atoms with Gasteiger partial charge in [-0.15, -0.1) is 3.63 Å². The maximum atomic E-state index is 12.5. The molecule has 0 aromatic heterocycles. The predicted molar refractivity (Wildman–Crippen MR) is 140 cm³/mol. The molecule has 0 bridgehead atoms. The van der Waals surface area contributed by atoms with Crippen molar-refractivity contribution in [2.24, 2.45) is 46.3 Å². The third kappa shape index (κ3) is 4.52. The minimum absolute atomic E-state index is 0.0617. The lowest BCUT2D eigenvalue weighted by Gasteiger charge is -2.62. The van der Waals surface area contributed by atoms with Gasteiger partial charge in [0, 0.05) is 11.8 Å². The number of allylic oxidation sites excluding steroid dienone is 1. The number of rotatable bonds is 5. The van der Waals surface area contributed by atoms with Gasteiger partial charge >= 0.3 is 20.8 Å². The van der Waals surface area contributed by atoms with E-state index in [0.29, 0.717) is 24.2 Å². The molecule has 1 heterocycles. The highest BCUT2D eigenvalue weighted by Crippen LogP contribution is 2.70. The van der Waals surface area contributed by atoms with Crippen molar-refractivity contribution >= 4 is 20.8 Å². The van der Waals surface area contributed by atoms with Gasteiger partial charge in [-0.2, -0.15) is 16.8 Å². The van der Waals surface area contributed by atoms with Crippen LogP contribution in [0.3, 0.4) is 0 Å². The average Bonchev–Trinajstić information content (AvgIpc) is 3.13. The number of hydrogen-bond acceptors (Lipinski definition) is 9. The van der Waals surface area contributed by atoms with Gasteiger partial charge in [0.05, 0.1) is 12.2 Å². The van der Waals surface area contributed by atoms with Crippen LogP contribution in [0.1, 0.15) is 92.4 Å². The number of aliphatic hydroxyl groups is 2. The molecule has 4 aliphatic carbocycles. The zero-order chi connectivity index (χ0) is 27.9. The third-order valence-electron chi connectivity index (χ3n) is 11.3. The van der Waals surface area contributed by atoms with Crippen LogP contribution in [0.25, 0.3) is 0 Å². The number of fused-ring (bicyclic) bond motifs is 6. The molecule has 9 nitrogen and oxygen atoms in total. The zero-order valence-electron chi connectivity index (χ0n) is 23.1. The summed E-state index contributed by atoms with van der Waals surface area (Å²) in [4.78, 5) is 0. The summed E-state index contributed by atoms with van der Waals surface area (Å²) in [6.07, 6.45) is 7.35. The lowest BCUT2D eigenvalue weighted by atomic mass is 9.45. The first-order chi connectivity index (χ1) is 17.5. The molecule has 0 aromatic rings. The predicted octanol–water partition coefficient (Wildman–Crippen LogP) is 4.22. The summed E-state index contributed by atoms with van der Waals surface area (Å²) < 4.78 is 65.0. The van der Waals surface area contributed by atoms with Crippen LogP contribution < -0.4 is 0 Å². The molecule has 1 spiro atoms. The fourth-order valence-corrected chi connectivity index (χ4v) is 11.7. The molecule has 1 saturated heterocycles. The Morgan fingerprint density at radius 1 is 1.00 bits per heavy atom. The Kier molecular flexibility index (Phi) is 7.23. The highest BCUT2D eigenvalue weighted by Gasteiger charge is 2.70. The van der Waals surface area contributed by atoms with Gasteiger partial charge in [0.1, 0.15) is 0 Å². The molecular formula is C27H44O9S2. The van der Waals surface area contributed by atoms with Gasteiger partial charge in [0.15, 0.2) is 0 Å². The van der Waals surface area contributed by atoms with E-state index < -0.39 is 38.1 Å². The van der Waals surface area contributed by atoms with E-state index in [4.69, 9.17) is 8.37 Å². The van der Waals surface area contributed by atoms with Gasteiger partial charge in [-0.05, 0) is 92.3 Å². The van der Waals surface area contributed by atoms with E-state index in [-0.39, 0.29) is 35.7 Å². The average molecular weight is 577 g/mol. The number of hydrogen-bond donors (Lipinski definition) is 2. The van der Waals surface area contributed by atoms with E-state index in [1.54, 1.807) is 0 Å². The fourth-order valence-electron chi connectivity index (χ4n) is 9.39. The first kappa shape index (κ1) is 29.0. The Labute approximate surface area is 228 Å². The summed E-state index contributed by atoms with van der Waals surface area (Å²) in [7, 11) is -9.78. The summed E-state index contributed by atoms with van der Waals surface area (Å²) in [5.74, 6) is -0.269. The highest BCUT2D eigenvalue weighted by molar-refractivity contribution is 7.95. The van der Waals surface area contributed by atoms with Crippen molar-refractivity contribution < 1.29 is 39.0 Å². The maximum Gasteiger partial charge on any atom is 0.419 e. The Morgan fingerprint density at radius 2 is 1.66 bits per heavy atom. The molecular weight excluding hydrogens is 532 g/mol. The van der Waals surface area contributed by atoms with Crippen LogP contribution in [0.15, 0.2) is 11.6 Å². The minimum Gasteiger partial charge on any atom is -0.393 e. The summed E-state index contributed by atoms with van der Waals surface area (Å²) in [5.41, 5.74) is -0.132. The Bertz CT molecular complexity index is 1140. The fraction of sp³-hybridized carbons (Fsp3) is 0.926. The van der Waals surface area contributed by atoms with Crippen molar-refractivity contribution in [2.75, 3.05) is 0 Å². The quantitative estimate of drug-likeness (QED) is 0.461. The lowest BCUT2D eigenvalue weighted by Crippen LogP contribution is -2.66. The minimum atomic E-state index is -4.89. The SMILES string of the molecule is CC(C)C(O)CC[C@@H](C)[C@H]1CC[C@H]2[C@@H]3CC=C4C[C@H](O)CC5(OS(=O)(=O)OS(=O)(=O)O5)[C@]4(C)[C@H]3CC[C@]12C. The maximum absolute atomic E-state index is 12.5. The molecule has 38 heavy (non-hydrogen) atoms. The monoisotopic (exact) mass is 576 g/mol. The molecule has 4 fully saturated rings. The van der Waals surface area contributed by atoms with Crippen LogP contribution in [0.4, 0.5) is 0 Å². The van der Waals surface area contributed by atoms with Gasteiger partial charge in [-0.3, -0.25) is 0 Å². The third-order valence-corrected chi connectivity index (χ3v) is 13.6. The van der Waals surface area contributed by atoms with E-state index >= 15 is 0 Å². The first-order valence-corrected chi connectivity index (χ1v) is 16.9. The lowest BCUT2D eigenvalue weighted by molar-refractivity contribution is -0.255. The second kappa shape index (κ2) is 9.49. The molecule has 11 heteroatoms. The van der Waals surface area contributed by atoms with Crippen molar-refractivity contribution in [1.29, 1.82) is 0 Å². The summed E-state index contributed by atoms with van der Waals surface area (Å²) in [6.45, 7) is 10.7. The van der Waals surface area contributed by atoms with Crippen molar-refractivity contribution in [3.05, 3.63) is 11.6 Å². The standard InChI is InChI=1S/C27H44O9S2/c1-16(2)24(29)11-6-17(3)21-9-10-22-20-8-7-18-14-19(28)15-27(34-37(30,31)36-38(32,33)35-27)26(18,5)23(20)12-13-25(21,22)4/h7,16-17,19-24,28-29H,6,8-15H2,1-5H3/t17-,19+,20+,21-,22+,23+,24?,25-,26+/m1/s1. The Balaban J connectivity index is 1.46. The van der Waals surface area contributed by atoms with Crippen LogP contribution in [-0.4, -0.2) is 45.0 Å². The second-order valence-electron chi connectivity index (χ2n) is 13.5. The van der Waals surface area contributed by atoms with Gasteiger partial charge in [0.25, 0.3) is 0 Å². The van der Waals surface area contributed by atoms with Gasteiger partial charge in [-0.25, -0.2) is 8.37 Å². The number of aliphatic hydroxyl groups excluding tert-OH is 2. The Morgan fingerprint density at radius 3 is 2.29 bits per heavy atom. The van der Waals surface area contributed by atoms with E-state index in [1.165, 1.54) is 0 Å². The Hall–Kier alpha value is -0.560. The smallest absolute Gasteiger partial charge is 0.393 e. The van der Waals surface area contributed by atoms with Gasteiger partial charge < -0.3 is 10.2 Å². The normalized spacial score (nSPS) is 44.5. The van der Waals surface area contributed by atoms with Crippen molar-refractivity contribution in [3.63, 3.8) is 0 Å². The van der Waals surface area contributed by atoms with E-state index in [2.05, 4.69) is 23.6 Å². The molecule has 218 valence electrons. The van der Waals surface area contributed by atoms with E-state index in [1.807, 2.05) is 20.8 Å². The van der Waals surface area contributed by atoms with Crippen molar-refractivity contribution in [2.45, 2.75) is 110 Å². The van der Waals surface area contributed by atoms with Crippen molar-refractivity contribution in [3.8, 4) is 0 Å². The molecule has 2 N–H and O–H groups in total. The molecule has 5 rings (SSSR count). The summed E-state index contributed by atoms with van der Waals surface area (Å²) in [5, 5.41) is 21.1. The molecule has 0 aromatic carbocycles. The second-order valence-corrected chi connectivity index (χ2v) is 16.0. The molecule has 0 radical (unpaired) electrons. The molecule has 1 unspecified atom stereocenters. The topological polar surface area (TPSA) is 136 Å². The van der Waals surface area contributed by atoms with E-state index in [9.17, 15) is 27.0 Å². The molecule has 9 atom stereocenters. The van der Waals surface area contributed by atoms with Crippen molar-refractivity contribution in [1.82, 2.24) is 0 Å². The summed E-state index contributed by atoms with van der Waals surface area (Å²) in [6, 6.07) is 0. The molecule has 3 saturated carbocycles.